The minimum atomic E-state index is -3.26. The molecule has 0 aliphatic carbocycles. The number of methoxy groups -OCH3 is 1. The van der Waals surface area contributed by atoms with Gasteiger partial charge in [-0.1, -0.05) is 42.5 Å². The summed E-state index contributed by atoms with van der Waals surface area (Å²) in [6.45, 7) is 6.05. The van der Waals surface area contributed by atoms with E-state index in [4.69, 9.17) is 9.47 Å². The molecule has 1 unspecified atom stereocenters. The molecule has 9 nitrogen and oxygen atoms in total. The molecule has 1 atom stereocenters. The third-order valence-electron chi connectivity index (χ3n) is 7.43. The fraction of sp³-hybridized carbons (Fsp3) is 0.533. The van der Waals surface area contributed by atoms with Crippen molar-refractivity contribution in [2.75, 3.05) is 59.7 Å². The van der Waals surface area contributed by atoms with Gasteiger partial charge in [-0.15, -0.1) is 0 Å². The van der Waals surface area contributed by atoms with Gasteiger partial charge in [-0.3, -0.25) is 4.79 Å². The third kappa shape index (κ3) is 9.31. The van der Waals surface area contributed by atoms with Gasteiger partial charge in [0.2, 0.25) is 5.91 Å². The van der Waals surface area contributed by atoms with Gasteiger partial charge in [-0.2, -0.15) is 0 Å². The van der Waals surface area contributed by atoms with Crippen LogP contribution in [0.15, 0.2) is 59.5 Å². The largest absolute Gasteiger partial charge is 0.441 e. The van der Waals surface area contributed by atoms with Crippen molar-refractivity contribution < 1.29 is 27.5 Å². The first-order chi connectivity index (χ1) is 19.1. The first-order valence-electron chi connectivity index (χ1n) is 13.9. The highest BCUT2D eigenvalue weighted by molar-refractivity contribution is 7.90. The number of likely N-dealkylation sites (N-methyl/N-ethyl adjacent to an activating group) is 2. The number of rotatable bonds is 13. The Bertz CT molecular complexity index is 1180. The lowest BCUT2D eigenvalue weighted by Gasteiger charge is -2.38. The number of benzene rings is 2. The summed E-state index contributed by atoms with van der Waals surface area (Å²) in [5.74, 6) is 0.0571. The van der Waals surface area contributed by atoms with Gasteiger partial charge in [0, 0.05) is 65.6 Å². The fourth-order valence-corrected chi connectivity index (χ4v) is 5.65. The standard InChI is InChI=1S/C30H43N3O6S/c1-5-33(29(34)23-24-11-13-27(14-12-24)40(4,36)37)26-15-18-32(19-16-26)20-17-28(25-9-7-6-8-10-25)39-30(35)31(2)21-22-38-3/h6-14,26,28H,5,15-23H2,1-4H3. The number of carbonyl (C=O) groups excluding carboxylic acids is 2. The zero-order valence-electron chi connectivity index (χ0n) is 24.1. The molecule has 1 fully saturated rings. The Morgan fingerprint density at radius 1 is 1.05 bits per heavy atom. The molecule has 3 rings (SSSR count). The summed E-state index contributed by atoms with van der Waals surface area (Å²) >= 11 is 0. The Hall–Kier alpha value is -2.95. The smallest absolute Gasteiger partial charge is 0.410 e. The van der Waals surface area contributed by atoms with Gasteiger partial charge in [0.05, 0.1) is 17.9 Å². The van der Waals surface area contributed by atoms with E-state index in [0.717, 1.165) is 43.6 Å². The van der Waals surface area contributed by atoms with Crippen molar-refractivity contribution in [2.24, 2.45) is 0 Å². The quantitative estimate of drug-likeness (QED) is 0.360. The maximum Gasteiger partial charge on any atom is 0.410 e. The lowest BCUT2D eigenvalue weighted by Crippen LogP contribution is -2.48. The Labute approximate surface area is 239 Å². The van der Waals surface area contributed by atoms with Crippen LogP contribution in [-0.4, -0.2) is 101 Å². The van der Waals surface area contributed by atoms with Crippen LogP contribution in [0.2, 0.25) is 0 Å². The number of ether oxygens (including phenoxy) is 2. The molecule has 0 saturated carbocycles. The van der Waals surface area contributed by atoms with Gasteiger partial charge in [0.15, 0.2) is 9.84 Å². The van der Waals surface area contributed by atoms with Gasteiger partial charge in [-0.05, 0) is 43.0 Å². The van der Waals surface area contributed by atoms with Crippen molar-refractivity contribution in [3.63, 3.8) is 0 Å². The topological polar surface area (TPSA) is 96.5 Å². The van der Waals surface area contributed by atoms with Crippen molar-refractivity contribution in [1.82, 2.24) is 14.7 Å². The Balaban J connectivity index is 1.53. The van der Waals surface area contributed by atoms with Crippen LogP contribution < -0.4 is 0 Å². The minimum absolute atomic E-state index is 0.0571. The number of nitrogens with zero attached hydrogens (tertiary/aromatic N) is 3. The fourth-order valence-electron chi connectivity index (χ4n) is 5.02. The highest BCUT2D eigenvalue weighted by atomic mass is 32.2. The number of carbonyl (C=O) groups is 2. The molecule has 40 heavy (non-hydrogen) atoms. The molecule has 0 aromatic heterocycles. The van der Waals surface area contributed by atoms with Gasteiger partial charge in [0.25, 0.3) is 0 Å². The van der Waals surface area contributed by atoms with Gasteiger partial charge >= 0.3 is 6.09 Å². The van der Waals surface area contributed by atoms with Crippen molar-refractivity contribution in [3.05, 3.63) is 65.7 Å². The first kappa shape index (κ1) is 31.6. The molecule has 0 N–H and O–H groups in total. The zero-order chi connectivity index (χ0) is 29.1. The van der Waals surface area contributed by atoms with Crippen LogP contribution in [0.1, 0.15) is 43.4 Å². The predicted molar refractivity (Wildman–Crippen MR) is 155 cm³/mol. The Morgan fingerprint density at radius 3 is 2.27 bits per heavy atom. The average molecular weight is 574 g/mol. The van der Waals surface area contributed by atoms with Crippen molar-refractivity contribution in [2.45, 2.75) is 49.6 Å². The molecule has 1 heterocycles. The van der Waals surface area contributed by atoms with Crippen LogP contribution in [0.25, 0.3) is 0 Å². The molecule has 2 aromatic carbocycles. The summed E-state index contributed by atoms with van der Waals surface area (Å²) < 4.78 is 34.4. The summed E-state index contributed by atoms with van der Waals surface area (Å²) in [7, 11) is 0.0488. The van der Waals surface area contributed by atoms with E-state index in [1.165, 1.54) is 11.2 Å². The molecule has 1 saturated heterocycles. The molecule has 10 heteroatoms. The second kappa shape index (κ2) is 15.2. The molecule has 2 amide bonds. The monoisotopic (exact) mass is 573 g/mol. The Morgan fingerprint density at radius 2 is 1.70 bits per heavy atom. The number of sulfone groups is 1. The highest BCUT2D eigenvalue weighted by Gasteiger charge is 2.28. The van der Waals surface area contributed by atoms with Crippen molar-refractivity contribution >= 4 is 21.8 Å². The van der Waals surface area contributed by atoms with Crippen LogP contribution >= 0.6 is 0 Å². The molecule has 1 aliphatic heterocycles. The van der Waals surface area contributed by atoms with Crippen LogP contribution in [0.5, 0.6) is 0 Å². The van der Waals surface area contributed by atoms with E-state index in [-0.39, 0.29) is 35.5 Å². The van der Waals surface area contributed by atoms with E-state index in [1.54, 1.807) is 38.4 Å². The maximum atomic E-state index is 13.1. The molecule has 2 aromatic rings. The summed E-state index contributed by atoms with van der Waals surface area (Å²) in [5.41, 5.74) is 1.78. The van der Waals surface area contributed by atoms with Gasteiger partial charge in [0.1, 0.15) is 6.10 Å². The van der Waals surface area contributed by atoms with E-state index in [2.05, 4.69) is 4.90 Å². The van der Waals surface area contributed by atoms with Crippen LogP contribution in [0, 0.1) is 0 Å². The number of hydrogen-bond acceptors (Lipinski definition) is 7. The van der Waals surface area contributed by atoms with Crippen LogP contribution in [0.4, 0.5) is 4.79 Å². The van der Waals surface area contributed by atoms with E-state index in [9.17, 15) is 18.0 Å². The number of amides is 2. The molecule has 0 spiro atoms. The van der Waals surface area contributed by atoms with Gasteiger partial charge < -0.3 is 24.2 Å². The molecule has 1 aliphatic rings. The van der Waals surface area contributed by atoms with Gasteiger partial charge in [-0.25, -0.2) is 13.2 Å². The normalized spacial score (nSPS) is 15.4. The SMILES string of the molecule is CCN(C(=O)Cc1ccc(S(C)(=O)=O)cc1)C1CCN(CCC(OC(=O)N(C)CCOC)c2ccccc2)CC1. The lowest BCUT2D eigenvalue weighted by atomic mass is 10.0. The van der Waals surface area contributed by atoms with E-state index >= 15 is 0 Å². The highest BCUT2D eigenvalue weighted by Crippen LogP contribution is 2.25. The van der Waals surface area contributed by atoms with E-state index < -0.39 is 9.84 Å². The zero-order valence-corrected chi connectivity index (χ0v) is 24.9. The summed E-state index contributed by atoms with van der Waals surface area (Å²) in [4.78, 5) is 31.9. The predicted octanol–water partition coefficient (Wildman–Crippen LogP) is 3.79. The summed E-state index contributed by atoms with van der Waals surface area (Å²) in [5, 5.41) is 0. The molecular formula is C30H43N3O6S. The number of hydrogen-bond donors (Lipinski definition) is 0. The number of likely N-dealkylation sites (tertiary alicyclic amines) is 1. The van der Waals surface area contributed by atoms with Crippen molar-refractivity contribution in [1.29, 1.82) is 0 Å². The van der Waals surface area contributed by atoms with Crippen molar-refractivity contribution in [3.8, 4) is 0 Å². The Kier molecular flexibility index (Phi) is 12.0. The second-order valence-corrected chi connectivity index (χ2v) is 12.3. The molecular weight excluding hydrogens is 530 g/mol. The molecule has 0 bridgehead atoms. The van der Waals surface area contributed by atoms with Crippen LogP contribution in [0.3, 0.4) is 0 Å². The van der Waals surface area contributed by atoms with E-state index in [1.807, 2.05) is 42.2 Å². The molecule has 0 radical (unpaired) electrons. The third-order valence-corrected chi connectivity index (χ3v) is 8.56. The minimum Gasteiger partial charge on any atom is -0.441 e. The first-order valence-corrected chi connectivity index (χ1v) is 15.8. The molecule has 220 valence electrons. The summed E-state index contributed by atoms with van der Waals surface area (Å²) in [6.07, 6.45) is 3.14. The maximum absolute atomic E-state index is 13.1. The average Bonchev–Trinajstić information content (AvgIpc) is 2.95. The summed E-state index contributed by atoms with van der Waals surface area (Å²) in [6, 6.07) is 16.5. The number of piperidine rings is 1. The van der Waals surface area contributed by atoms with Crippen LogP contribution in [-0.2, 0) is 30.5 Å². The lowest BCUT2D eigenvalue weighted by molar-refractivity contribution is -0.133. The van der Waals surface area contributed by atoms with E-state index in [0.29, 0.717) is 26.1 Å². The second-order valence-electron chi connectivity index (χ2n) is 10.3.